The summed E-state index contributed by atoms with van der Waals surface area (Å²) >= 11 is 8.50. The van der Waals surface area contributed by atoms with Gasteiger partial charge in [-0.05, 0) is 68.8 Å². The van der Waals surface area contributed by atoms with Gasteiger partial charge in [0.05, 0.1) is 16.4 Å². The van der Waals surface area contributed by atoms with Gasteiger partial charge >= 0.3 is 0 Å². The highest BCUT2D eigenvalue weighted by atomic mass is 79.9. The van der Waals surface area contributed by atoms with Crippen LogP contribution in [0.3, 0.4) is 0 Å². The van der Waals surface area contributed by atoms with Crippen LogP contribution in [-0.2, 0) is 5.41 Å². The van der Waals surface area contributed by atoms with Gasteiger partial charge in [0.1, 0.15) is 11.5 Å². The summed E-state index contributed by atoms with van der Waals surface area (Å²) in [6.07, 6.45) is 18.2. The third kappa shape index (κ3) is 5.29. The number of hydrogen-bond donors (Lipinski definition) is 0. The van der Waals surface area contributed by atoms with Crippen molar-refractivity contribution in [1.29, 1.82) is 0 Å². The molecule has 4 saturated carbocycles. The lowest BCUT2D eigenvalue weighted by Crippen LogP contribution is -2.61. The second-order valence-corrected chi connectivity index (χ2v) is 14.7. The van der Waals surface area contributed by atoms with E-state index < -0.39 is 0 Å². The Kier molecular flexibility index (Phi) is 9.16. The van der Waals surface area contributed by atoms with Crippen molar-refractivity contribution in [2.75, 3.05) is 13.2 Å². The first-order valence-electron chi connectivity index (χ1n) is 13.9. The molecule has 4 heteroatoms. The van der Waals surface area contributed by atoms with E-state index in [4.69, 9.17) is 9.47 Å². The van der Waals surface area contributed by atoms with E-state index in [1.54, 1.807) is 0 Å². The zero-order valence-corrected chi connectivity index (χ0v) is 24.5. The number of rotatable bonds is 14. The van der Waals surface area contributed by atoms with Crippen LogP contribution in [0.4, 0.5) is 0 Å². The van der Waals surface area contributed by atoms with E-state index in [-0.39, 0.29) is 8.65 Å². The van der Waals surface area contributed by atoms with Crippen molar-refractivity contribution in [3.63, 3.8) is 0 Å². The molecule has 0 aromatic heterocycles. The molecule has 1 aromatic carbocycles. The highest BCUT2D eigenvalue weighted by molar-refractivity contribution is 9.25. The van der Waals surface area contributed by atoms with Crippen molar-refractivity contribution in [2.45, 2.75) is 106 Å². The molecule has 2 atom stereocenters. The third-order valence-corrected chi connectivity index (χ3v) is 11.5. The summed E-state index contributed by atoms with van der Waals surface area (Å²) in [5, 5.41) is 0. The molecular weight excluding hydrogens is 552 g/mol. The lowest BCUT2D eigenvalue weighted by molar-refractivity contribution is -0.00610. The summed E-state index contributed by atoms with van der Waals surface area (Å²) in [6.45, 7) is 10.2. The lowest BCUT2D eigenvalue weighted by atomic mass is 9.47. The quantitative estimate of drug-likeness (QED) is 0.157. The van der Waals surface area contributed by atoms with Crippen LogP contribution in [0.25, 0.3) is 6.08 Å². The molecule has 2 unspecified atom stereocenters. The molecular formula is C30H44Br2O2. The second kappa shape index (κ2) is 11.7. The highest BCUT2D eigenvalue weighted by Gasteiger charge is 2.65. The van der Waals surface area contributed by atoms with Crippen LogP contribution in [0.2, 0.25) is 0 Å². The Balaban J connectivity index is 1.65. The van der Waals surface area contributed by atoms with Crippen LogP contribution in [-0.4, -0.2) is 16.4 Å². The minimum atomic E-state index is -0.0678. The summed E-state index contributed by atoms with van der Waals surface area (Å²) in [6, 6.07) is 4.56. The summed E-state index contributed by atoms with van der Waals surface area (Å²) < 4.78 is 12.8. The molecule has 34 heavy (non-hydrogen) atoms. The zero-order valence-electron chi connectivity index (χ0n) is 21.4. The van der Waals surface area contributed by atoms with E-state index in [0.717, 1.165) is 55.0 Å². The minimum Gasteiger partial charge on any atom is -0.493 e. The molecule has 2 nitrogen and oxygen atoms in total. The van der Waals surface area contributed by atoms with Gasteiger partial charge in [-0.3, -0.25) is 0 Å². The maximum absolute atomic E-state index is 6.60. The van der Waals surface area contributed by atoms with Gasteiger partial charge in [0.2, 0.25) is 0 Å². The lowest BCUT2D eigenvalue weighted by Gasteiger charge is -2.64. The predicted molar refractivity (Wildman–Crippen MR) is 152 cm³/mol. The Hall–Kier alpha value is -0.480. The Morgan fingerprint density at radius 2 is 1.44 bits per heavy atom. The SMILES string of the molecule is C=Cc1cc(C23CC4CC(CC(C4)C2(Br)Br)C3)c(OCCCCCC)cc1OCCCCCC. The number of unbranched alkanes of at least 4 members (excludes halogenated alkanes) is 6. The third-order valence-electron chi connectivity index (χ3n) is 8.69. The Morgan fingerprint density at radius 1 is 0.853 bits per heavy atom. The van der Waals surface area contributed by atoms with Crippen LogP contribution in [0.1, 0.15) is 108 Å². The molecule has 0 radical (unpaired) electrons. The fourth-order valence-corrected chi connectivity index (χ4v) is 8.93. The molecule has 0 amide bonds. The van der Waals surface area contributed by atoms with Crippen molar-refractivity contribution in [3.8, 4) is 11.5 Å². The molecule has 4 fully saturated rings. The van der Waals surface area contributed by atoms with Crippen LogP contribution in [0, 0.1) is 17.8 Å². The van der Waals surface area contributed by atoms with Gasteiger partial charge < -0.3 is 9.47 Å². The van der Waals surface area contributed by atoms with Crippen molar-refractivity contribution in [2.24, 2.45) is 17.8 Å². The normalized spacial score (nSPS) is 28.8. The zero-order chi connectivity index (χ0) is 24.2. The standard InChI is InChI=1S/C30H44Br2O2/c1-4-7-9-11-13-33-27-19-28(34-14-12-10-8-5-2)26(18-24(27)6-3)29-20-22-15-23(21-29)17-25(16-22)30(29,31)32/h6,18-19,22-23,25H,3-5,7-17,20-21H2,1-2H3. The summed E-state index contributed by atoms with van der Waals surface area (Å²) in [5.41, 5.74) is 2.53. The van der Waals surface area contributed by atoms with Gasteiger partial charge in [-0.2, -0.15) is 0 Å². The van der Waals surface area contributed by atoms with Crippen LogP contribution >= 0.6 is 31.9 Å². The van der Waals surface area contributed by atoms with Crippen molar-refractivity contribution >= 4 is 37.9 Å². The molecule has 0 N–H and O–H groups in total. The molecule has 4 aliphatic rings. The van der Waals surface area contributed by atoms with E-state index >= 15 is 0 Å². The van der Waals surface area contributed by atoms with E-state index in [2.05, 4.69) is 64.4 Å². The van der Waals surface area contributed by atoms with Crippen LogP contribution in [0.5, 0.6) is 11.5 Å². The molecule has 5 rings (SSSR count). The van der Waals surface area contributed by atoms with Gasteiger partial charge in [-0.1, -0.05) is 96.9 Å². The molecule has 0 heterocycles. The van der Waals surface area contributed by atoms with Crippen molar-refractivity contribution < 1.29 is 9.47 Å². The molecule has 0 aliphatic heterocycles. The average Bonchev–Trinajstić information content (AvgIpc) is 2.82. The Labute approximate surface area is 224 Å². The fraction of sp³-hybridized carbons (Fsp3) is 0.733. The van der Waals surface area contributed by atoms with E-state index in [9.17, 15) is 0 Å². The number of alkyl halides is 2. The molecule has 0 spiro atoms. The Morgan fingerprint density at radius 3 is 2.00 bits per heavy atom. The maximum atomic E-state index is 6.60. The van der Waals surface area contributed by atoms with Crippen molar-refractivity contribution in [1.82, 2.24) is 0 Å². The summed E-state index contributed by atoms with van der Waals surface area (Å²) in [5.74, 6) is 4.31. The molecule has 1 aromatic rings. The largest absolute Gasteiger partial charge is 0.493 e. The monoisotopic (exact) mass is 594 g/mol. The summed E-state index contributed by atoms with van der Waals surface area (Å²) in [7, 11) is 0. The first-order valence-corrected chi connectivity index (χ1v) is 15.5. The van der Waals surface area contributed by atoms with Gasteiger partial charge in [0.15, 0.2) is 0 Å². The minimum absolute atomic E-state index is 0.0535. The molecule has 190 valence electrons. The molecule has 4 bridgehead atoms. The molecule has 0 saturated heterocycles. The van der Waals surface area contributed by atoms with Gasteiger partial charge in [0, 0.05) is 22.6 Å². The second-order valence-electron chi connectivity index (χ2n) is 11.2. The van der Waals surface area contributed by atoms with Gasteiger partial charge in [-0.15, -0.1) is 0 Å². The maximum Gasteiger partial charge on any atom is 0.130 e. The molecule has 4 aliphatic carbocycles. The van der Waals surface area contributed by atoms with Crippen LogP contribution in [0.15, 0.2) is 18.7 Å². The van der Waals surface area contributed by atoms with Gasteiger partial charge in [-0.25, -0.2) is 0 Å². The van der Waals surface area contributed by atoms with Crippen molar-refractivity contribution in [3.05, 3.63) is 29.8 Å². The first kappa shape index (κ1) is 26.6. The predicted octanol–water partition coefficient (Wildman–Crippen LogP) is 9.81. The smallest absolute Gasteiger partial charge is 0.130 e. The number of halogens is 2. The number of benzene rings is 1. The Bertz CT molecular complexity index is 819. The van der Waals surface area contributed by atoms with E-state index in [1.807, 2.05) is 6.08 Å². The van der Waals surface area contributed by atoms with E-state index in [0.29, 0.717) is 5.92 Å². The van der Waals surface area contributed by atoms with Gasteiger partial charge in [0.25, 0.3) is 0 Å². The highest BCUT2D eigenvalue weighted by Crippen LogP contribution is 2.71. The fourth-order valence-electron chi connectivity index (χ4n) is 7.10. The summed E-state index contributed by atoms with van der Waals surface area (Å²) in [4.78, 5) is 0. The number of hydrogen-bond acceptors (Lipinski definition) is 2. The number of ether oxygens (including phenoxy) is 2. The topological polar surface area (TPSA) is 18.5 Å². The average molecular weight is 596 g/mol. The first-order chi connectivity index (χ1) is 16.4. The van der Waals surface area contributed by atoms with Crippen LogP contribution < -0.4 is 9.47 Å². The van der Waals surface area contributed by atoms with E-state index in [1.165, 1.54) is 76.2 Å².